The summed E-state index contributed by atoms with van der Waals surface area (Å²) < 4.78 is 6.00. The predicted molar refractivity (Wildman–Crippen MR) is 141 cm³/mol. The first-order chi connectivity index (χ1) is 16.4. The molecule has 0 saturated carbocycles. The zero-order chi connectivity index (χ0) is 24.3. The van der Waals surface area contributed by atoms with E-state index in [-0.39, 0.29) is 6.04 Å². The van der Waals surface area contributed by atoms with E-state index >= 15 is 0 Å². The number of nitrogens with two attached hydrogens (primary N) is 1. The third-order valence-electron chi connectivity index (χ3n) is 6.78. The first-order valence-electron chi connectivity index (χ1n) is 12.9. The van der Waals surface area contributed by atoms with Crippen LogP contribution in [0.1, 0.15) is 52.0 Å². The topological polar surface area (TPSA) is 58.8 Å². The van der Waals surface area contributed by atoms with E-state index in [4.69, 9.17) is 10.5 Å². The average Bonchev–Trinajstić information content (AvgIpc) is 2.85. The molecule has 3 rings (SSSR count). The summed E-state index contributed by atoms with van der Waals surface area (Å²) in [6, 6.07) is 19.2. The smallest absolute Gasteiger partial charge is 0.136 e. The minimum Gasteiger partial charge on any atom is -0.489 e. The summed E-state index contributed by atoms with van der Waals surface area (Å²) >= 11 is 0. The largest absolute Gasteiger partial charge is 0.489 e. The van der Waals surface area contributed by atoms with Gasteiger partial charge in [0, 0.05) is 37.9 Å². The summed E-state index contributed by atoms with van der Waals surface area (Å²) in [6.45, 7) is 11.7. The molecule has 2 N–H and O–H groups in total. The zero-order valence-corrected chi connectivity index (χ0v) is 21.2. The van der Waals surface area contributed by atoms with Gasteiger partial charge in [0.1, 0.15) is 18.6 Å². The second-order valence-electron chi connectivity index (χ2n) is 10.3. The molecular formula is C29H43N3O2. The monoisotopic (exact) mass is 465 g/mol. The van der Waals surface area contributed by atoms with E-state index < -0.39 is 0 Å². The number of ether oxygens (including phenoxy) is 1. The maximum Gasteiger partial charge on any atom is 0.136 e. The number of benzene rings is 2. The van der Waals surface area contributed by atoms with Gasteiger partial charge < -0.3 is 25.1 Å². The van der Waals surface area contributed by atoms with E-state index in [0.29, 0.717) is 24.5 Å². The van der Waals surface area contributed by atoms with Gasteiger partial charge in [0.25, 0.3) is 0 Å². The molecule has 0 amide bonds. The fraction of sp³-hybridized carbons (Fsp3) is 0.552. The van der Waals surface area contributed by atoms with Crippen LogP contribution in [0.5, 0.6) is 5.75 Å². The van der Waals surface area contributed by atoms with Crippen molar-refractivity contribution in [3.8, 4) is 5.75 Å². The van der Waals surface area contributed by atoms with Crippen LogP contribution in [0.25, 0.3) is 0 Å². The summed E-state index contributed by atoms with van der Waals surface area (Å²) in [4.78, 5) is 16.0. The Labute approximate surface area is 206 Å². The first-order valence-corrected chi connectivity index (χ1v) is 12.9. The summed E-state index contributed by atoms with van der Waals surface area (Å²) in [5.74, 6) is 2.03. The van der Waals surface area contributed by atoms with Gasteiger partial charge in [-0.25, -0.2) is 0 Å². The van der Waals surface area contributed by atoms with E-state index in [2.05, 4.69) is 67.0 Å². The summed E-state index contributed by atoms with van der Waals surface area (Å²) in [7, 11) is 0. The normalized spacial score (nSPS) is 16.9. The maximum absolute atomic E-state index is 10.9. The molecule has 2 atom stereocenters. The number of aldehydes is 1. The van der Waals surface area contributed by atoms with Crippen LogP contribution in [0.3, 0.4) is 0 Å². The number of piperidine rings is 1. The third kappa shape index (κ3) is 8.44. The summed E-state index contributed by atoms with van der Waals surface area (Å²) in [5.41, 5.74) is 8.29. The van der Waals surface area contributed by atoms with Crippen molar-refractivity contribution in [3.63, 3.8) is 0 Å². The Kier molecular flexibility index (Phi) is 10.4. The lowest BCUT2D eigenvalue weighted by Gasteiger charge is -2.41. The van der Waals surface area contributed by atoms with Crippen LogP contribution in [0.2, 0.25) is 0 Å². The number of hydrogen-bond donors (Lipinski definition) is 1. The Balaban J connectivity index is 1.57. The molecule has 2 aromatic rings. The highest BCUT2D eigenvalue weighted by molar-refractivity contribution is 5.56. The van der Waals surface area contributed by atoms with Crippen LogP contribution in [0.4, 0.5) is 5.69 Å². The molecule has 1 aliphatic rings. The Morgan fingerprint density at radius 1 is 1.06 bits per heavy atom. The van der Waals surface area contributed by atoms with Crippen molar-refractivity contribution in [1.82, 2.24) is 4.90 Å². The Hall–Kier alpha value is -2.37. The van der Waals surface area contributed by atoms with E-state index in [9.17, 15) is 4.79 Å². The SMILES string of the molecule is CC(C)CCN(c1ccc(OCc2ccccc2)cc1)C1CCN(CC(C)CC(N)C=O)CC1. The van der Waals surface area contributed by atoms with E-state index in [0.717, 1.165) is 57.5 Å². The van der Waals surface area contributed by atoms with Crippen molar-refractivity contribution < 1.29 is 9.53 Å². The second-order valence-corrected chi connectivity index (χ2v) is 10.3. The molecule has 0 aliphatic carbocycles. The van der Waals surface area contributed by atoms with Crippen molar-refractivity contribution in [2.24, 2.45) is 17.6 Å². The number of hydrogen-bond acceptors (Lipinski definition) is 5. The fourth-order valence-electron chi connectivity index (χ4n) is 4.84. The fourth-order valence-corrected chi connectivity index (χ4v) is 4.84. The maximum atomic E-state index is 10.9. The molecule has 5 nitrogen and oxygen atoms in total. The first kappa shape index (κ1) is 26.2. The van der Waals surface area contributed by atoms with Crippen LogP contribution < -0.4 is 15.4 Å². The third-order valence-corrected chi connectivity index (χ3v) is 6.78. The Morgan fingerprint density at radius 3 is 2.35 bits per heavy atom. The molecule has 2 aromatic carbocycles. The highest BCUT2D eigenvalue weighted by Gasteiger charge is 2.26. The summed E-state index contributed by atoms with van der Waals surface area (Å²) in [5, 5.41) is 0. The lowest BCUT2D eigenvalue weighted by molar-refractivity contribution is -0.109. The molecule has 34 heavy (non-hydrogen) atoms. The van der Waals surface area contributed by atoms with Crippen LogP contribution in [-0.4, -0.2) is 49.4 Å². The number of carbonyl (C=O) groups excluding carboxylic acids is 1. The number of nitrogens with zero attached hydrogens (tertiary/aromatic N) is 2. The molecule has 186 valence electrons. The Morgan fingerprint density at radius 2 is 1.74 bits per heavy atom. The van der Waals surface area contributed by atoms with Gasteiger partial charge in [0.2, 0.25) is 0 Å². The van der Waals surface area contributed by atoms with Gasteiger partial charge in [-0.1, -0.05) is 51.1 Å². The van der Waals surface area contributed by atoms with Crippen LogP contribution in [0.15, 0.2) is 54.6 Å². The van der Waals surface area contributed by atoms with Crippen LogP contribution in [0, 0.1) is 11.8 Å². The van der Waals surface area contributed by atoms with Gasteiger partial charge in [-0.2, -0.15) is 0 Å². The molecule has 0 radical (unpaired) electrons. The van der Waals surface area contributed by atoms with Crippen molar-refractivity contribution in [1.29, 1.82) is 0 Å². The Bertz CT molecular complexity index is 832. The van der Waals surface area contributed by atoms with Gasteiger partial charge in [-0.15, -0.1) is 0 Å². The zero-order valence-electron chi connectivity index (χ0n) is 21.2. The van der Waals surface area contributed by atoms with E-state index in [1.165, 1.54) is 17.7 Å². The van der Waals surface area contributed by atoms with E-state index in [1.807, 2.05) is 18.2 Å². The molecule has 2 unspecified atom stereocenters. The van der Waals surface area contributed by atoms with Crippen molar-refractivity contribution >= 4 is 12.0 Å². The minimum atomic E-state index is -0.335. The van der Waals surface area contributed by atoms with Gasteiger partial charge in [-0.05, 0) is 67.3 Å². The molecule has 1 aliphatic heterocycles. The van der Waals surface area contributed by atoms with Gasteiger partial charge in [-0.3, -0.25) is 0 Å². The number of rotatable bonds is 13. The average molecular weight is 466 g/mol. The van der Waals surface area contributed by atoms with Crippen LogP contribution >= 0.6 is 0 Å². The molecule has 1 saturated heterocycles. The lowest BCUT2D eigenvalue weighted by Crippen LogP contribution is -2.46. The molecule has 0 bridgehead atoms. The molecule has 0 spiro atoms. The minimum absolute atomic E-state index is 0.335. The molecule has 1 heterocycles. The summed E-state index contributed by atoms with van der Waals surface area (Å²) in [6.07, 6.45) is 5.15. The van der Waals surface area contributed by atoms with Gasteiger partial charge >= 0.3 is 0 Å². The van der Waals surface area contributed by atoms with Gasteiger partial charge in [0.15, 0.2) is 0 Å². The molecule has 1 fully saturated rings. The molecule has 0 aromatic heterocycles. The van der Waals surface area contributed by atoms with Crippen molar-refractivity contribution in [2.45, 2.75) is 65.1 Å². The standard InChI is InChI=1S/C29H43N3O2/c1-23(2)13-18-32(28-14-16-31(17-15-28)20-24(3)19-26(30)21-33)27-9-11-29(12-10-27)34-22-25-7-5-4-6-8-25/h4-12,21,23-24,26,28H,13-20,22,30H2,1-3H3. The highest BCUT2D eigenvalue weighted by atomic mass is 16.5. The van der Waals surface area contributed by atoms with Crippen LogP contribution in [-0.2, 0) is 11.4 Å². The highest BCUT2D eigenvalue weighted by Crippen LogP contribution is 2.27. The lowest BCUT2D eigenvalue weighted by atomic mass is 9.97. The number of likely N-dealkylation sites (tertiary alicyclic amines) is 1. The van der Waals surface area contributed by atoms with Crippen molar-refractivity contribution in [3.05, 3.63) is 60.2 Å². The second kappa shape index (κ2) is 13.5. The molecular weight excluding hydrogens is 422 g/mol. The number of carbonyl (C=O) groups is 1. The predicted octanol–water partition coefficient (Wildman–Crippen LogP) is 5.13. The van der Waals surface area contributed by atoms with Crippen molar-refractivity contribution in [2.75, 3.05) is 31.1 Å². The quantitative estimate of drug-likeness (QED) is 0.415. The number of anilines is 1. The van der Waals surface area contributed by atoms with E-state index in [1.54, 1.807) is 0 Å². The molecule has 5 heteroatoms. The van der Waals surface area contributed by atoms with Gasteiger partial charge in [0.05, 0.1) is 6.04 Å².